The lowest BCUT2D eigenvalue weighted by molar-refractivity contribution is -0.00461. The molecule has 0 aromatic heterocycles. The summed E-state index contributed by atoms with van der Waals surface area (Å²) in [5.74, 6) is 0. The molecule has 0 aliphatic carbocycles. The predicted molar refractivity (Wildman–Crippen MR) is 58.9 cm³/mol. The molecule has 1 saturated heterocycles. The number of nitrogens with zero attached hydrogens (tertiary/aromatic N) is 1. The van der Waals surface area contributed by atoms with E-state index in [1.54, 1.807) is 14.2 Å². The lowest BCUT2D eigenvalue weighted by Gasteiger charge is -2.24. The third-order valence-corrected chi connectivity index (χ3v) is 3.15. The van der Waals surface area contributed by atoms with E-state index >= 15 is 0 Å². The van der Waals surface area contributed by atoms with Gasteiger partial charge in [0.1, 0.15) is 0 Å². The van der Waals surface area contributed by atoms with Crippen molar-refractivity contribution in [3.05, 3.63) is 0 Å². The Morgan fingerprint density at radius 3 is 2.00 bits per heavy atom. The number of methoxy groups -OCH3 is 2. The van der Waals surface area contributed by atoms with Gasteiger partial charge in [0.15, 0.2) is 0 Å². The van der Waals surface area contributed by atoms with Crippen LogP contribution in [0.5, 0.6) is 0 Å². The molecular weight excluding hydrogens is 194 g/mol. The van der Waals surface area contributed by atoms with Gasteiger partial charge in [0, 0.05) is 33.4 Å². The number of hydrogen-bond donors (Lipinski definition) is 1. The highest BCUT2D eigenvalue weighted by molar-refractivity contribution is 4.88. The maximum Gasteiger partial charge on any atom is 0.0971 e. The number of rotatable bonds is 5. The van der Waals surface area contributed by atoms with E-state index in [0.717, 1.165) is 19.5 Å². The Kier molecular flexibility index (Phi) is 4.99. The van der Waals surface area contributed by atoms with Crippen LogP contribution in [0.1, 0.15) is 20.3 Å². The third-order valence-electron chi connectivity index (χ3n) is 3.15. The van der Waals surface area contributed by atoms with Crippen molar-refractivity contribution in [2.45, 2.75) is 44.6 Å². The predicted octanol–water partition coefficient (Wildman–Crippen LogP) is 0.491. The molecule has 1 rings (SSSR count). The van der Waals surface area contributed by atoms with Gasteiger partial charge in [-0.2, -0.15) is 0 Å². The molecule has 0 saturated carbocycles. The van der Waals surface area contributed by atoms with Crippen LogP contribution in [-0.4, -0.2) is 61.7 Å². The van der Waals surface area contributed by atoms with Crippen LogP contribution < -0.4 is 0 Å². The second-order valence-electron chi connectivity index (χ2n) is 4.44. The highest BCUT2D eigenvalue weighted by atomic mass is 16.5. The SMILES string of the molecule is COC1CN(C(C)CC(C)O)CC1OC. The van der Waals surface area contributed by atoms with Crippen LogP contribution in [0.4, 0.5) is 0 Å². The van der Waals surface area contributed by atoms with Crippen LogP contribution in [0, 0.1) is 0 Å². The zero-order chi connectivity index (χ0) is 11.4. The van der Waals surface area contributed by atoms with Gasteiger partial charge in [-0.25, -0.2) is 0 Å². The maximum absolute atomic E-state index is 9.34. The van der Waals surface area contributed by atoms with Crippen molar-refractivity contribution in [3.63, 3.8) is 0 Å². The zero-order valence-corrected chi connectivity index (χ0v) is 10.1. The minimum absolute atomic E-state index is 0.159. The summed E-state index contributed by atoms with van der Waals surface area (Å²) in [6.07, 6.45) is 0.868. The standard InChI is InChI=1S/C11H23NO3/c1-8(5-9(2)13)12-6-10(14-3)11(7-12)15-4/h8-11,13H,5-7H2,1-4H3. The Bertz CT molecular complexity index is 175. The fraction of sp³-hybridized carbons (Fsp3) is 1.00. The molecule has 0 radical (unpaired) electrons. The van der Waals surface area contributed by atoms with Crippen LogP contribution in [0.25, 0.3) is 0 Å². The summed E-state index contributed by atoms with van der Waals surface area (Å²) in [4.78, 5) is 2.31. The maximum atomic E-state index is 9.34. The molecule has 4 nitrogen and oxygen atoms in total. The number of aliphatic hydroxyl groups excluding tert-OH is 1. The summed E-state index contributed by atoms with van der Waals surface area (Å²) < 4.78 is 10.7. The van der Waals surface area contributed by atoms with Crippen molar-refractivity contribution in [2.75, 3.05) is 27.3 Å². The van der Waals surface area contributed by atoms with Gasteiger partial charge in [0.25, 0.3) is 0 Å². The Hall–Kier alpha value is -0.160. The molecule has 4 unspecified atom stereocenters. The van der Waals surface area contributed by atoms with Crippen molar-refractivity contribution in [1.82, 2.24) is 4.90 Å². The summed E-state index contributed by atoms with van der Waals surface area (Å²) in [5, 5.41) is 9.34. The number of aliphatic hydroxyl groups is 1. The highest BCUT2D eigenvalue weighted by Crippen LogP contribution is 2.20. The largest absolute Gasteiger partial charge is 0.393 e. The van der Waals surface area contributed by atoms with E-state index in [4.69, 9.17) is 9.47 Å². The van der Waals surface area contributed by atoms with Crippen molar-refractivity contribution < 1.29 is 14.6 Å². The molecule has 0 amide bonds. The molecule has 90 valence electrons. The minimum Gasteiger partial charge on any atom is -0.393 e. The van der Waals surface area contributed by atoms with E-state index in [0.29, 0.717) is 6.04 Å². The molecule has 0 bridgehead atoms. The molecular formula is C11H23NO3. The Morgan fingerprint density at radius 2 is 1.67 bits per heavy atom. The highest BCUT2D eigenvalue weighted by Gasteiger charge is 2.35. The van der Waals surface area contributed by atoms with E-state index in [1.165, 1.54) is 0 Å². The second kappa shape index (κ2) is 5.80. The Morgan fingerprint density at radius 1 is 1.20 bits per heavy atom. The van der Waals surface area contributed by atoms with Gasteiger partial charge in [-0.15, -0.1) is 0 Å². The first-order valence-corrected chi connectivity index (χ1v) is 5.56. The average molecular weight is 217 g/mol. The monoisotopic (exact) mass is 217 g/mol. The lowest BCUT2D eigenvalue weighted by atomic mass is 10.1. The zero-order valence-electron chi connectivity index (χ0n) is 10.1. The number of hydrogen-bond acceptors (Lipinski definition) is 4. The quantitative estimate of drug-likeness (QED) is 0.728. The molecule has 1 aliphatic heterocycles. The van der Waals surface area contributed by atoms with Crippen LogP contribution in [-0.2, 0) is 9.47 Å². The summed E-state index contributed by atoms with van der Waals surface area (Å²) in [7, 11) is 3.44. The molecule has 1 heterocycles. The molecule has 15 heavy (non-hydrogen) atoms. The van der Waals surface area contributed by atoms with Gasteiger partial charge < -0.3 is 14.6 Å². The van der Waals surface area contributed by atoms with Crippen molar-refractivity contribution in [3.8, 4) is 0 Å². The molecule has 1 N–H and O–H groups in total. The van der Waals surface area contributed by atoms with Crippen LogP contribution in [0.2, 0.25) is 0 Å². The topological polar surface area (TPSA) is 41.9 Å². The first-order chi connectivity index (χ1) is 7.08. The molecule has 0 aromatic rings. The minimum atomic E-state index is -0.248. The van der Waals surface area contributed by atoms with E-state index in [-0.39, 0.29) is 18.3 Å². The lowest BCUT2D eigenvalue weighted by Crippen LogP contribution is -2.34. The second-order valence-corrected chi connectivity index (χ2v) is 4.44. The van der Waals surface area contributed by atoms with Gasteiger partial charge in [0.05, 0.1) is 18.3 Å². The van der Waals surface area contributed by atoms with Crippen LogP contribution in [0.15, 0.2) is 0 Å². The summed E-state index contributed by atoms with van der Waals surface area (Å²) in [5.41, 5.74) is 0. The summed E-state index contributed by atoms with van der Waals surface area (Å²) >= 11 is 0. The van der Waals surface area contributed by atoms with E-state index in [2.05, 4.69) is 11.8 Å². The van der Waals surface area contributed by atoms with Gasteiger partial charge in [-0.3, -0.25) is 4.90 Å². The summed E-state index contributed by atoms with van der Waals surface area (Å²) in [6, 6.07) is 0.378. The normalized spacial score (nSPS) is 31.8. The number of ether oxygens (including phenoxy) is 2. The molecule has 4 atom stereocenters. The molecule has 1 fully saturated rings. The van der Waals surface area contributed by atoms with Crippen molar-refractivity contribution >= 4 is 0 Å². The fourth-order valence-corrected chi connectivity index (χ4v) is 2.23. The molecule has 0 spiro atoms. The number of likely N-dealkylation sites (tertiary alicyclic amines) is 1. The van der Waals surface area contributed by atoms with Crippen molar-refractivity contribution in [2.24, 2.45) is 0 Å². The van der Waals surface area contributed by atoms with E-state index < -0.39 is 0 Å². The smallest absolute Gasteiger partial charge is 0.0971 e. The van der Waals surface area contributed by atoms with Gasteiger partial charge in [-0.1, -0.05) is 0 Å². The van der Waals surface area contributed by atoms with E-state index in [1.807, 2.05) is 6.92 Å². The first kappa shape index (κ1) is 12.9. The van der Waals surface area contributed by atoms with Gasteiger partial charge in [0.2, 0.25) is 0 Å². The summed E-state index contributed by atoms with van der Waals surface area (Å²) in [6.45, 7) is 5.75. The first-order valence-electron chi connectivity index (χ1n) is 5.56. The van der Waals surface area contributed by atoms with Gasteiger partial charge in [-0.05, 0) is 20.3 Å². The third kappa shape index (κ3) is 3.41. The average Bonchev–Trinajstić information content (AvgIpc) is 2.59. The van der Waals surface area contributed by atoms with Gasteiger partial charge >= 0.3 is 0 Å². The Labute approximate surface area is 92.2 Å². The molecule has 4 heteroatoms. The van der Waals surface area contributed by atoms with Crippen LogP contribution >= 0.6 is 0 Å². The van der Waals surface area contributed by atoms with Crippen molar-refractivity contribution in [1.29, 1.82) is 0 Å². The van der Waals surface area contributed by atoms with Crippen LogP contribution in [0.3, 0.4) is 0 Å². The molecule has 1 aliphatic rings. The van der Waals surface area contributed by atoms with E-state index in [9.17, 15) is 5.11 Å². The molecule has 0 aromatic carbocycles. The Balaban J connectivity index is 2.45. The fourth-order valence-electron chi connectivity index (χ4n) is 2.23.